The highest BCUT2D eigenvalue weighted by molar-refractivity contribution is 5.90. The highest BCUT2D eigenvalue weighted by Gasteiger charge is 2.39. The van der Waals surface area contributed by atoms with Crippen LogP contribution in [-0.4, -0.2) is 35.5 Å². The number of likely N-dealkylation sites (tertiary alicyclic amines) is 1. The lowest BCUT2D eigenvalue weighted by molar-refractivity contribution is -0.128. The maximum absolute atomic E-state index is 12.1. The average Bonchev–Trinajstić information content (AvgIpc) is 3.23. The van der Waals surface area contributed by atoms with Crippen molar-refractivity contribution in [3.05, 3.63) is 29.8 Å². The Bertz CT molecular complexity index is 600. The van der Waals surface area contributed by atoms with Crippen LogP contribution >= 0.6 is 0 Å². The van der Waals surface area contributed by atoms with Crippen LogP contribution in [0.4, 0.5) is 10.5 Å². The first-order valence-corrected chi connectivity index (χ1v) is 8.30. The van der Waals surface area contributed by atoms with Crippen molar-refractivity contribution < 1.29 is 9.59 Å². The van der Waals surface area contributed by atoms with Crippen LogP contribution in [0.3, 0.4) is 0 Å². The number of rotatable bonds is 3. The van der Waals surface area contributed by atoms with E-state index in [2.05, 4.69) is 31.4 Å². The fourth-order valence-electron chi connectivity index (χ4n) is 2.97. The van der Waals surface area contributed by atoms with Crippen molar-refractivity contribution in [2.45, 2.75) is 57.5 Å². The van der Waals surface area contributed by atoms with Crippen LogP contribution < -0.4 is 10.6 Å². The van der Waals surface area contributed by atoms with Crippen LogP contribution in [0.5, 0.6) is 0 Å². The summed E-state index contributed by atoms with van der Waals surface area (Å²) in [6, 6.07) is 7.98. The van der Waals surface area contributed by atoms with Gasteiger partial charge in [-0.3, -0.25) is 4.79 Å². The van der Waals surface area contributed by atoms with Gasteiger partial charge in [0.15, 0.2) is 0 Å². The second-order valence-corrected chi connectivity index (χ2v) is 7.60. The molecule has 2 aliphatic rings. The van der Waals surface area contributed by atoms with Gasteiger partial charge in [-0.05, 0) is 36.0 Å². The second-order valence-electron chi connectivity index (χ2n) is 7.60. The van der Waals surface area contributed by atoms with E-state index in [9.17, 15) is 9.59 Å². The molecular weight excluding hydrogens is 290 g/mol. The second kappa shape index (κ2) is 5.87. The molecule has 2 fully saturated rings. The van der Waals surface area contributed by atoms with E-state index in [-0.39, 0.29) is 23.4 Å². The molecule has 124 valence electrons. The first-order valence-electron chi connectivity index (χ1n) is 8.30. The van der Waals surface area contributed by atoms with E-state index in [1.54, 1.807) is 0 Å². The Labute approximate surface area is 137 Å². The van der Waals surface area contributed by atoms with Crippen molar-refractivity contribution in [3.63, 3.8) is 0 Å². The standard InChI is InChI=1S/C18H25N3O2/c1-18(2,3)12-4-6-13(7-5-12)19-17(23)20-14-10-16(22)21(11-14)15-8-9-15/h4-7,14-15H,8-11H2,1-3H3,(H2,19,20,23)/t14-/m0/s1. The number of anilines is 1. The van der Waals surface area contributed by atoms with Crippen molar-refractivity contribution in [2.24, 2.45) is 0 Å². The molecule has 1 aliphatic carbocycles. The summed E-state index contributed by atoms with van der Waals surface area (Å²) in [6.07, 6.45) is 2.61. The number of benzene rings is 1. The summed E-state index contributed by atoms with van der Waals surface area (Å²) < 4.78 is 0. The van der Waals surface area contributed by atoms with Gasteiger partial charge in [-0.15, -0.1) is 0 Å². The number of urea groups is 1. The predicted molar refractivity (Wildman–Crippen MR) is 90.4 cm³/mol. The summed E-state index contributed by atoms with van der Waals surface area (Å²) in [6.45, 7) is 7.11. The minimum Gasteiger partial charge on any atom is -0.338 e. The monoisotopic (exact) mass is 315 g/mol. The Morgan fingerprint density at radius 1 is 1.17 bits per heavy atom. The Hall–Kier alpha value is -2.04. The molecule has 1 saturated heterocycles. The number of carbonyl (C=O) groups excluding carboxylic acids is 2. The Morgan fingerprint density at radius 3 is 2.39 bits per heavy atom. The van der Waals surface area contributed by atoms with Crippen LogP contribution in [0, 0.1) is 0 Å². The predicted octanol–water partition coefficient (Wildman–Crippen LogP) is 2.87. The van der Waals surface area contributed by atoms with Crippen molar-refractivity contribution in [1.29, 1.82) is 0 Å². The summed E-state index contributed by atoms with van der Waals surface area (Å²) in [7, 11) is 0. The zero-order valence-corrected chi connectivity index (χ0v) is 14.1. The molecule has 1 aliphatic heterocycles. The van der Waals surface area contributed by atoms with Gasteiger partial charge in [0.1, 0.15) is 0 Å². The van der Waals surface area contributed by atoms with Gasteiger partial charge in [-0.25, -0.2) is 4.79 Å². The molecule has 1 heterocycles. The fraction of sp³-hybridized carbons (Fsp3) is 0.556. The van der Waals surface area contributed by atoms with E-state index in [4.69, 9.17) is 0 Å². The lowest BCUT2D eigenvalue weighted by Gasteiger charge is -2.19. The Balaban J connectivity index is 1.52. The first-order chi connectivity index (χ1) is 10.8. The third kappa shape index (κ3) is 3.84. The molecule has 0 aromatic heterocycles. The van der Waals surface area contributed by atoms with Crippen LogP contribution in [0.15, 0.2) is 24.3 Å². The van der Waals surface area contributed by atoms with Crippen LogP contribution in [0.2, 0.25) is 0 Å². The van der Waals surface area contributed by atoms with Gasteiger partial charge >= 0.3 is 6.03 Å². The molecule has 1 atom stereocenters. The van der Waals surface area contributed by atoms with Gasteiger partial charge in [0, 0.05) is 24.7 Å². The highest BCUT2D eigenvalue weighted by atomic mass is 16.2. The molecular formula is C18H25N3O2. The Kier molecular flexibility index (Phi) is 4.04. The van der Waals surface area contributed by atoms with E-state index < -0.39 is 0 Å². The largest absolute Gasteiger partial charge is 0.338 e. The summed E-state index contributed by atoms with van der Waals surface area (Å²) in [4.78, 5) is 25.9. The molecule has 5 heteroatoms. The molecule has 1 aromatic carbocycles. The van der Waals surface area contributed by atoms with Crippen LogP contribution in [-0.2, 0) is 10.2 Å². The number of hydrogen-bond acceptors (Lipinski definition) is 2. The number of nitrogens with zero attached hydrogens (tertiary/aromatic N) is 1. The van der Waals surface area contributed by atoms with Gasteiger partial charge in [-0.2, -0.15) is 0 Å². The molecule has 0 radical (unpaired) electrons. The topological polar surface area (TPSA) is 61.4 Å². The van der Waals surface area contributed by atoms with Crippen LogP contribution in [0.25, 0.3) is 0 Å². The number of amides is 3. The molecule has 5 nitrogen and oxygen atoms in total. The third-order valence-electron chi connectivity index (χ3n) is 4.49. The molecule has 1 saturated carbocycles. The average molecular weight is 315 g/mol. The number of carbonyl (C=O) groups is 2. The van der Waals surface area contributed by atoms with E-state index in [1.165, 1.54) is 5.56 Å². The summed E-state index contributed by atoms with van der Waals surface area (Å²) in [5.74, 6) is 0.160. The van der Waals surface area contributed by atoms with Gasteiger partial charge in [0.25, 0.3) is 0 Å². The molecule has 23 heavy (non-hydrogen) atoms. The van der Waals surface area contributed by atoms with E-state index in [0.717, 1.165) is 18.5 Å². The smallest absolute Gasteiger partial charge is 0.319 e. The van der Waals surface area contributed by atoms with E-state index >= 15 is 0 Å². The number of nitrogens with one attached hydrogen (secondary N) is 2. The third-order valence-corrected chi connectivity index (χ3v) is 4.49. The van der Waals surface area contributed by atoms with Crippen molar-refractivity contribution in [3.8, 4) is 0 Å². The molecule has 0 unspecified atom stereocenters. The zero-order valence-electron chi connectivity index (χ0n) is 14.1. The van der Waals surface area contributed by atoms with Crippen molar-refractivity contribution >= 4 is 17.6 Å². The summed E-state index contributed by atoms with van der Waals surface area (Å²) >= 11 is 0. The molecule has 3 amide bonds. The maximum atomic E-state index is 12.1. The van der Waals surface area contributed by atoms with Crippen molar-refractivity contribution in [1.82, 2.24) is 10.2 Å². The molecule has 0 spiro atoms. The summed E-state index contributed by atoms with van der Waals surface area (Å²) in [5, 5.41) is 5.74. The van der Waals surface area contributed by atoms with E-state index in [1.807, 2.05) is 29.2 Å². The molecule has 0 bridgehead atoms. The highest BCUT2D eigenvalue weighted by Crippen LogP contribution is 2.30. The summed E-state index contributed by atoms with van der Waals surface area (Å²) in [5.41, 5.74) is 2.08. The van der Waals surface area contributed by atoms with Gasteiger partial charge in [-0.1, -0.05) is 32.9 Å². The maximum Gasteiger partial charge on any atom is 0.319 e. The van der Waals surface area contributed by atoms with Gasteiger partial charge in [0.2, 0.25) is 5.91 Å². The molecule has 3 rings (SSSR count). The zero-order chi connectivity index (χ0) is 16.6. The minimum atomic E-state index is -0.246. The number of hydrogen-bond donors (Lipinski definition) is 2. The van der Waals surface area contributed by atoms with E-state index in [0.29, 0.717) is 19.0 Å². The fourth-order valence-corrected chi connectivity index (χ4v) is 2.97. The minimum absolute atomic E-state index is 0.0862. The normalized spacial score (nSPS) is 21.4. The first kappa shape index (κ1) is 15.8. The van der Waals surface area contributed by atoms with Gasteiger partial charge < -0.3 is 15.5 Å². The van der Waals surface area contributed by atoms with Crippen molar-refractivity contribution in [2.75, 3.05) is 11.9 Å². The molecule has 2 N–H and O–H groups in total. The van der Waals surface area contributed by atoms with Crippen LogP contribution in [0.1, 0.15) is 45.6 Å². The lowest BCUT2D eigenvalue weighted by atomic mass is 9.87. The Morgan fingerprint density at radius 2 is 1.83 bits per heavy atom. The SMILES string of the molecule is CC(C)(C)c1ccc(NC(=O)N[C@H]2CC(=O)N(C3CC3)C2)cc1. The quantitative estimate of drug-likeness (QED) is 0.901. The molecule has 1 aromatic rings. The van der Waals surface area contributed by atoms with Gasteiger partial charge in [0.05, 0.1) is 6.04 Å². The lowest BCUT2D eigenvalue weighted by Crippen LogP contribution is -2.40.